The number of ketones is 1. The summed E-state index contributed by atoms with van der Waals surface area (Å²) in [6.07, 6.45) is -0.736. The van der Waals surface area contributed by atoms with E-state index in [1.165, 1.54) is 0 Å². The standard InChI is InChI=1S/C13H19O5P/c1-13(2,12(14)9-19(15,16)17)11-6-4-10(5-7-11)8-18-3/h4-7H,8-9H2,1-3H3,(H2,15,16,17). The zero-order valence-corrected chi connectivity index (χ0v) is 12.2. The third-order valence-electron chi connectivity index (χ3n) is 3.03. The van der Waals surface area contributed by atoms with Gasteiger partial charge < -0.3 is 14.5 Å². The molecule has 0 aliphatic rings. The van der Waals surface area contributed by atoms with Crippen molar-refractivity contribution >= 4 is 13.4 Å². The van der Waals surface area contributed by atoms with Gasteiger partial charge in [0.1, 0.15) is 6.16 Å². The molecule has 0 radical (unpaired) electrons. The zero-order chi connectivity index (χ0) is 14.7. The lowest BCUT2D eigenvalue weighted by Crippen LogP contribution is -2.31. The molecule has 0 spiro atoms. The van der Waals surface area contributed by atoms with Crippen LogP contribution in [0.25, 0.3) is 0 Å². The number of hydrogen-bond donors (Lipinski definition) is 2. The monoisotopic (exact) mass is 286 g/mol. The molecule has 0 saturated heterocycles. The predicted octanol–water partition coefficient (Wildman–Crippen LogP) is 1.86. The summed E-state index contributed by atoms with van der Waals surface area (Å²) in [5, 5.41) is 0. The normalized spacial score (nSPS) is 12.5. The zero-order valence-electron chi connectivity index (χ0n) is 11.3. The summed E-state index contributed by atoms with van der Waals surface area (Å²) in [4.78, 5) is 29.7. The summed E-state index contributed by atoms with van der Waals surface area (Å²) >= 11 is 0. The first-order valence-corrected chi connectivity index (χ1v) is 7.63. The van der Waals surface area contributed by atoms with Crippen LogP contribution in [-0.2, 0) is 26.1 Å². The van der Waals surface area contributed by atoms with Crippen LogP contribution in [0, 0.1) is 0 Å². The predicted molar refractivity (Wildman–Crippen MR) is 72.1 cm³/mol. The number of carbonyl (C=O) groups is 1. The maximum atomic E-state index is 12.0. The first kappa shape index (κ1) is 16.1. The third kappa shape index (κ3) is 4.55. The number of hydrogen-bond acceptors (Lipinski definition) is 3. The van der Waals surface area contributed by atoms with E-state index in [-0.39, 0.29) is 0 Å². The van der Waals surface area contributed by atoms with Crippen LogP contribution in [0.2, 0.25) is 0 Å². The van der Waals surface area contributed by atoms with Crippen LogP contribution in [0.4, 0.5) is 0 Å². The van der Waals surface area contributed by atoms with E-state index in [1.807, 2.05) is 12.1 Å². The molecule has 2 N–H and O–H groups in total. The van der Waals surface area contributed by atoms with Gasteiger partial charge in [0.2, 0.25) is 0 Å². The highest BCUT2D eigenvalue weighted by Gasteiger charge is 2.33. The van der Waals surface area contributed by atoms with Gasteiger partial charge in [-0.1, -0.05) is 24.3 Å². The van der Waals surface area contributed by atoms with Crippen molar-refractivity contribution in [1.29, 1.82) is 0 Å². The first-order valence-electron chi connectivity index (χ1n) is 5.83. The molecule has 19 heavy (non-hydrogen) atoms. The number of methoxy groups -OCH3 is 1. The minimum atomic E-state index is -4.33. The lowest BCUT2D eigenvalue weighted by Gasteiger charge is -2.24. The molecule has 1 aromatic rings. The Morgan fingerprint density at radius 2 is 1.79 bits per heavy atom. The molecule has 1 rings (SSSR count). The molecule has 0 atom stereocenters. The molecule has 0 fully saturated rings. The van der Waals surface area contributed by atoms with E-state index >= 15 is 0 Å². The van der Waals surface area contributed by atoms with Gasteiger partial charge in [0.25, 0.3) is 0 Å². The van der Waals surface area contributed by atoms with Crippen molar-refractivity contribution in [1.82, 2.24) is 0 Å². The smallest absolute Gasteiger partial charge is 0.332 e. The SMILES string of the molecule is COCc1ccc(C(C)(C)C(=O)CP(=O)(O)O)cc1. The topological polar surface area (TPSA) is 83.8 Å². The van der Waals surface area contributed by atoms with Crippen LogP contribution in [0.15, 0.2) is 24.3 Å². The van der Waals surface area contributed by atoms with Crippen molar-refractivity contribution in [2.24, 2.45) is 0 Å². The van der Waals surface area contributed by atoms with E-state index in [2.05, 4.69) is 0 Å². The molecular weight excluding hydrogens is 267 g/mol. The fraction of sp³-hybridized carbons (Fsp3) is 0.462. The number of benzene rings is 1. The Bertz CT molecular complexity index is 486. The summed E-state index contributed by atoms with van der Waals surface area (Å²) in [5.74, 6) is -0.472. The van der Waals surface area contributed by atoms with E-state index in [1.54, 1.807) is 33.1 Å². The molecule has 6 heteroatoms. The molecule has 0 heterocycles. The van der Waals surface area contributed by atoms with Gasteiger partial charge >= 0.3 is 7.60 Å². The number of rotatable bonds is 6. The quantitative estimate of drug-likeness (QED) is 0.780. The summed E-state index contributed by atoms with van der Waals surface area (Å²) in [6.45, 7) is 3.81. The van der Waals surface area contributed by atoms with Crippen molar-refractivity contribution in [2.75, 3.05) is 13.3 Å². The summed E-state index contributed by atoms with van der Waals surface area (Å²) in [5.41, 5.74) is 0.780. The second kappa shape index (κ2) is 5.97. The van der Waals surface area contributed by atoms with Gasteiger partial charge in [-0.05, 0) is 25.0 Å². The molecule has 0 aliphatic carbocycles. The molecule has 0 aromatic heterocycles. The maximum Gasteiger partial charge on any atom is 0.332 e. The van der Waals surface area contributed by atoms with E-state index in [0.29, 0.717) is 6.61 Å². The largest absolute Gasteiger partial charge is 0.380 e. The fourth-order valence-corrected chi connectivity index (χ4v) is 2.50. The number of carbonyl (C=O) groups excluding carboxylic acids is 1. The first-order chi connectivity index (χ1) is 8.66. The number of ether oxygens (including phenoxy) is 1. The van der Waals surface area contributed by atoms with Gasteiger partial charge in [-0.2, -0.15) is 0 Å². The molecule has 5 nitrogen and oxygen atoms in total. The Kier molecular flexibility index (Phi) is 5.04. The second-order valence-electron chi connectivity index (χ2n) is 5.00. The van der Waals surface area contributed by atoms with Crippen molar-refractivity contribution < 1.29 is 23.9 Å². The van der Waals surface area contributed by atoms with Crippen molar-refractivity contribution in [3.8, 4) is 0 Å². The molecule has 0 saturated carbocycles. The molecule has 106 valence electrons. The molecule has 1 aromatic carbocycles. The Morgan fingerprint density at radius 1 is 1.26 bits per heavy atom. The molecule has 0 aliphatic heterocycles. The maximum absolute atomic E-state index is 12.0. The second-order valence-corrected chi connectivity index (χ2v) is 6.65. The van der Waals surface area contributed by atoms with Crippen LogP contribution in [0.1, 0.15) is 25.0 Å². The van der Waals surface area contributed by atoms with E-state index in [4.69, 9.17) is 14.5 Å². The van der Waals surface area contributed by atoms with Gasteiger partial charge in [-0.3, -0.25) is 9.36 Å². The van der Waals surface area contributed by atoms with Crippen LogP contribution in [-0.4, -0.2) is 28.8 Å². The summed E-state index contributed by atoms with van der Waals surface area (Å²) in [6, 6.07) is 7.24. The van der Waals surface area contributed by atoms with Crippen molar-refractivity contribution in [2.45, 2.75) is 25.9 Å². The summed E-state index contributed by atoms with van der Waals surface area (Å²) < 4.78 is 15.9. The summed E-state index contributed by atoms with van der Waals surface area (Å²) in [7, 11) is -2.73. The minimum absolute atomic E-state index is 0.472. The van der Waals surface area contributed by atoms with Gasteiger partial charge in [0.15, 0.2) is 5.78 Å². The average Bonchev–Trinajstić information content (AvgIpc) is 2.28. The highest BCUT2D eigenvalue weighted by atomic mass is 31.2. The Labute approximate surface area is 112 Å². The van der Waals surface area contributed by atoms with Crippen LogP contribution < -0.4 is 0 Å². The van der Waals surface area contributed by atoms with Crippen LogP contribution in [0.5, 0.6) is 0 Å². The minimum Gasteiger partial charge on any atom is -0.380 e. The van der Waals surface area contributed by atoms with Gasteiger partial charge in [-0.15, -0.1) is 0 Å². The van der Waals surface area contributed by atoms with Gasteiger partial charge in [0, 0.05) is 12.5 Å². The van der Waals surface area contributed by atoms with Crippen molar-refractivity contribution in [3.63, 3.8) is 0 Å². The Balaban J connectivity index is 2.93. The Hall–Kier alpha value is -1.00. The number of Topliss-reactive ketones (excluding diaryl/α,β-unsaturated/α-hetero) is 1. The highest BCUT2D eigenvalue weighted by molar-refractivity contribution is 7.52. The molecule has 0 unspecified atom stereocenters. The average molecular weight is 286 g/mol. The highest BCUT2D eigenvalue weighted by Crippen LogP contribution is 2.38. The lowest BCUT2D eigenvalue weighted by molar-refractivity contribution is -0.121. The third-order valence-corrected chi connectivity index (χ3v) is 3.73. The van der Waals surface area contributed by atoms with E-state index in [0.717, 1.165) is 11.1 Å². The lowest BCUT2D eigenvalue weighted by atomic mass is 9.81. The molecule has 0 amide bonds. The molecular formula is C13H19O5P. The van der Waals surface area contributed by atoms with Gasteiger partial charge in [0.05, 0.1) is 6.61 Å². The van der Waals surface area contributed by atoms with Crippen LogP contribution >= 0.6 is 7.60 Å². The van der Waals surface area contributed by atoms with Crippen LogP contribution in [0.3, 0.4) is 0 Å². The fourth-order valence-electron chi connectivity index (χ4n) is 1.73. The van der Waals surface area contributed by atoms with E-state index in [9.17, 15) is 9.36 Å². The van der Waals surface area contributed by atoms with E-state index < -0.39 is 25.0 Å². The van der Waals surface area contributed by atoms with Crippen molar-refractivity contribution in [3.05, 3.63) is 35.4 Å². The molecule has 0 bridgehead atoms. The van der Waals surface area contributed by atoms with Gasteiger partial charge in [-0.25, -0.2) is 0 Å². The Morgan fingerprint density at radius 3 is 2.21 bits per heavy atom.